The molecule has 1 atom stereocenters. The Morgan fingerprint density at radius 3 is 2.67 bits per heavy atom. The van der Waals surface area contributed by atoms with Gasteiger partial charge in [0.15, 0.2) is 5.96 Å². The van der Waals surface area contributed by atoms with Crippen molar-refractivity contribution in [3.63, 3.8) is 0 Å². The average Bonchev–Trinajstić information content (AvgIpc) is 3.50. The minimum atomic E-state index is 0.348. The molecule has 1 N–H and O–H groups in total. The van der Waals surface area contributed by atoms with Crippen molar-refractivity contribution in [2.24, 2.45) is 4.99 Å². The van der Waals surface area contributed by atoms with Gasteiger partial charge in [0.05, 0.1) is 19.3 Å². The summed E-state index contributed by atoms with van der Waals surface area (Å²) in [4.78, 5) is 17.8. The summed E-state index contributed by atoms with van der Waals surface area (Å²) in [7, 11) is 1.88. The van der Waals surface area contributed by atoms with Gasteiger partial charge in [0.1, 0.15) is 5.82 Å². The SMILES string of the molecule is CCc1nsc(N2CCN(C(=NC)NCC(c3cccs3)N3CCOCC3)CC2)n1. The first-order chi connectivity index (χ1) is 14.8. The molecule has 0 aliphatic carbocycles. The van der Waals surface area contributed by atoms with Crippen LogP contribution in [-0.2, 0) is 11.2 Å². The van der Waals surface area contributed by atoms with Gasteiger partial charge in [0.25, 0.3) is 0 Å². The number of nitrogens with one attached hydrogen (secondary N) is 1. The molecule has 0 saturated carbocycles. The molecule has 0 amide bonds. The number of hydrogen-bond donors (Lipinski definition) is 1. The Morgan fingerprint density at radius 1 is 1.23 bits per heavy atom. The quantitative estimate of drug-likeness (QED) is 0.534. The van der Waals surface area contributed by atoms with Crippen molar-refractivity contribution in [3.05, 3.63) is 28.2 Å². The second-order valence-electron chi connectivity index (χ2n) is 7.43. The zero-order valence-electron chi connectivity index (χ0n) is 17.8. The van der Waals surface area contributed by atoms with E-state index in [-0.39, 0.29) is 0 Å². The molecular formula is C20H31N7OS2. The number of aromatic nitrogens is 2. The zero-order valence-corrected chi connectivity index (χ0v) is 19.4. The van der Waals surface area contributed by atoms with Crippen LogP contribution in [0.1, 0.15) is 23.7 Å². The van der Waals surface area contributed by atoms with Crippen molar-refractivity contribution in [1.29, 1.82) is 0 Å². The monoisotopic (exact) mass is 449 g/mol. The summed E-state index contributed by atoms with van der Waals surface area (Å²) in [5.41, 5.74) is 0. The summed E-state index contributed by atoms with van der Waals surface area (Å²) in [6.45, 7) is 10.3. The number of aliphatic imine (C=N–C) groups is 1. The lowest BCUT2D eigenvalue weighted by Crippen LogP contribution is -2.54. The van der Waals surface area contributed by atoms with Crippen LogP contribution < -0.4 is 10.2 Å². The van der Waals surface area contributed by atoms with E-state index in [1.165, 1.54) is 16.4 Å². The van der Waals surface area contributed by atoms with E-state index >= 15 is 0 Å². The van der Waals surface area contributed by atoms with Gasteiger partial charge in [-0.25, -0.2) is 4.98 Å². The first-order valence-electron chi connectivity index (χ1n) is 10.7. The van der Waals surface area contributed by atoms with E-state index in [2.05, 4.69) is 58.8 Å². The number of morpholine rings is 1. The third kappa shape index (κ3) is 5.11. The molecule has 2 aliphatic heterocycles. The Hall–Kier alpha value is -1.75. The molecule has 0 spiro atoms. The maximum absolute atomic E-state index is 5.56. The van der Waals surface area contributed by atoms with Crippen molar-refractivity contribution in [1.82, 2.24) is 24.5 Å². The topological polar surface area (TPSA) is 69.1 Å². The molecule has 1 unspecified atom stereocenters. The normalized spacial score (nSPS) is 19.9. The highest BCUT2D eigenvalue weighted by Crippen LogP contribution is 2.25. The van der Waals surface area contributed by atoms with Crippen LogP contribution in [0.3, 0.4) is 0 Å². The van der Waals surface area contributed by atoms with Crippen molar-refractivity contribution < 1.29 is 4.74 Å². The zero-order chi connectivity index (χ0) is 20.8. The van der Waals surface area contributed by atoms with Gasteiger partial charge in [0, 0.05) is 75.7 Å². The number of aryl methyl sites for hydroxylation is 1. The van der Waals surface area contributed by atoms with Gasteiger partial charge in [0.2, 0.25) is 5.13 Å². The molecule has 4 rings (SSSR count). The summed E-state index contributed by atoms with van der Waals surface area (Å²) in [5.74, 6) is 1.92. The third-order valence-corrected chi connectivity index (χ3v) is 7.44. The number of ether oxygens (including phenoxy) is 1. The lowest BCUT2D eigenvalue weighted by atomic mass is 10.2. The van der Waals surface area contributed by atoms with Crippen molar-refractivity contribution >= 4 is 34.0 Å². The highest BCUT2D eigenvalue weighted by molar-refractivity contribution is 7.10. The number of guanidine groups is 1. The van der Waals surface area contributed by atoms with Crippen LogP contribution >= 0.6 is 22.9 Å². The number of thiophene rings is 1. The van der Waals surface area contributed by atoms with Gasteiger partial charge in [-0.15, -0.1) is 11.3 Å². The third-order valence-electron chi connectivity index (χ3n) is 5.65. The van der Waals surface area contributed by atoms with Crippen LogP contribution in [0, 0.1) is 0 Å². The molecular weight excluding hydrogens is 418 g/mol. The van der Waals surface area contributed by atoms with Crippen LogP contribution in [0.2, 0.25) is 0 Å². The molecule has 10 heteroatoms. The number of piperazine rings is 1. The van der Waals surface area contributed by atoms with Crippen LogP contribution in [0.5, 0.6) is 0 Å². The van der Waals surface area contributed by atoms with Gasteiger partial charge in [-0.3, -0.25) is 9.89 Å². The summed E-state index contributed by atoms with van der Waals surface area (Å²) in [6, 6.07) is 4.72. The fourth-order valence-electron chi connectivity index (χ4n) is 3.93. The molecule has 164 valence electrons. The lowest BCUT2D eigenvalue weighted by Gasteiger charge is -2.38. The van der Waals surface area contributed by atoms with Gasteiger partial charge < -0.3 is 19.9 Å². The predicted octanol–water partition coefficient (Wildman–Crippen LogP) is 1.93. The summed E-state index contributed by atoms with van der Waals surface area (Å²) < 4.78 is 9.98. The molecule has 2 fully saturated rings. The van der Waals surface area contributed by atoms with Gasteiger partial charge >= 0.3 is 0 Å². The Kier molecular flexibility index (Phi) is 7.53. The number of nitrogens with zero attached hydrogens (tertiary/aromatic N) is 6. The summed E-state index contributed by atoms with van der Waals surface area (Å²) in [5, 5.41) is 6.85. The minimum absolute atomic E-state index is 0.348. The molecule has 2 saturated heterocycles. The van der Waals surface area contributed by atoms with E-state index in [0.29, 0.717) is 6.04 Å². The Morgan fingerprint density at radius 2 is 2.03 bits per heavy atom. The fraction of sp³-hybridized carbons (Fsp3) is 0.650. The van der Waals surface area contributed by atoms with E-state index in [9.17, 15) is 0 Å². The van der Waals surface area contributed by atoms with Gasteiger partial charge in [-0.1, -0.05) is 13.0 Å². The molecule has 4 heterocycles. The van der Waals surface area contributed by atoms with Gasteiger partial charge in [-0.2, -0.15) is 4.37 Å². The first kappa shape index (κ1) is 21.5. The maximum Gasteiger partial charge on any atom is 0.205 e. The van der Waals surface area contributed by atoms with Crippen molar-refractivity contribution in [2.45, 2.75) is 19.4 Å². The molecule has 0 radical (unpaired) electrons. The highest BCUT2D eigenvalue weighted by Gasteiger charge is 2.26. The largest absolute Gasteiger partial charge is 0.379 e. The first-order valence-corrected chi connectivity index (χ1v) is 12.3. The predicted molar refractivity (Wildman–Crippen MR) is 124 cm³/mol. The standard InChI is InChI=1S/C20H31N7OS2/c1-3-18-23-20(30-24-18)27-8-6-26(7-9-27)19(21-2)22-15-16(17-5-4-14-29-17)25-10-12-28-13-11-25/h4-5,14,16H,3,6-13,15H2,1-2H3,(H,21,22). The maximum atomic E-state index is 5.56. The fourth-order valence-corrected chi connectivity index (χ4v) is 5.59. The Labute approximate surface area is 186 Å². The number of rotatable bonds is 6. The van der Waals surface area contributed by atoms with Crippen LogP contribution in [0.4, 0.5) is 5.13 Å². The molecule has 0 bridgehead atoms. The van der Waals surface area contributed by atoms with E-state index < -0.39 is 0 Å². The second kappa shape index (κ2) is 10.5. The summed E-state index contributed by atoms with van der Waals surface area (Å²) >= 11 is 3.34. The molecule has 2 aliphatic rings. The Bertz CT molecular complexity index is 796. The van der Waals surface area contributed by atoms with E-state index in [1.807, 2.05) is 18.4 Å². The molecule has 30 heavy (non-hydrogen) atoms. The van der Waals surface area contributed by atoms with E-state index in [4.69, 9.17) is 4.74 Å². The highest BCUT2D eigenvalue weighted by atomic mass is 32.1. The second-order valence-corrected chi connectivity index (χ2v) is 9.14. The summed E-state index contributed by atoms with van der Waals surface area (Å²) in [6.07, 6.45) is 0.890. The average molecular weight is 450 g/mol. The minimum Gasteiger partial charge on any atom is -0.379 e. The lowest BCUT2D eigenvalue weighted by molar-refractivity contribution is 0.0176. The van der Waals surface area contributed by atoms with E-state index in [0.717, 1.165) is 82.4 Å². The smallest absolute Gasteiger partial charge is 0.205 e. The molecule has 8 nitrogen and oxygen atoms in total. The van der Waals surface area contributed by atoms with Crippen molar-refractivity contribution in [3.8, 4) is 0 Å². The molecule has 2 aromatic rings. The molecule has 0 aromatic carbocycles. The van der Waals surface area contributed by atoms with Crippen molar-refractivity contribution in [2.75, 3.05) is 71.0 Å². The number of hydrogen-bond acceptors (Lipinski definition) is 8. The molecule has 2 aromatic heterocycles. The van der Waals surface area contributed by atoms with E-state index in [1.54, 1.807) is 0 Å². The van der Waals surface area contributed by atoms with Gasteiger partial charge in [-0.05, 0) is 11.4 Å². The number of anilines is 1. The Balaban J connectivity index is 1.33. The van der Waals surface area contributed by atoms with Crippen LogP contribution in [-0.4, -0.2) is 91.2 Å². The van der Waals surface area contributed by atoms with Crippen LogP contribution in [0.15, 0.2) is 22.5 Å². The van der Waals surface area contributed by atoms with Crippen LogP contribution in [0.25, 0.3) is 0 Å².